The molecular weight excluding hydrogens is 316 g/mol. The third kappa shape index (κ3) is 6.58. The molecule has 2 aromatic heterocycles. The maximum Gasteiger partial charge on any atom is 0.321 e. The SMILES string of the molecule is CNC(Cc1cnc[nH]1)C(=O)O.CNC(Cc1cnc[nH]1)C(=O)O. The fraction of sp³-hybridized carbons (Fsp3) is 0.429. The van der Waals surface area contributed by atoms with Gasteiger partial charge in [0.15, 0.2) is 0 Å². The number of aliphatic carboxylic acids is 2. The summed E-state index contributed by atoms with van der Waals surface area (Å²) < 4.78 is 0. The first-order valence-corrected chi connectivity index (χ1v) is 7.22. The second-order valence-electron chi connectivity index (χ2n) is 4.92. The van der Waals surface area contributed by atoms with Crippen LogP contribution in [0.5, 0.6) is 0 Å². The van der Waals surface area contributed by atoms with Gasteiger partial charge in [-0.1, -0.05) is 0 Å². The Morgan fingerprint density at radius 3 is 1.54 bits per heavy atom. The highest BCUT2D eigenvalue weighted by atomic mass is 16.4. The molecule has 0 aliphatic carbocycles. The van der Waals surface area contributed by atoms with Crippen LogP contribution < -0.4 is 10.6 Å². The molecule has 0 aliphatic rings. The molecule has 0 aliphatic heterocycles. The van der Waals surface area contributed by atoms with Gasteiger partial charge < -0.3 is 30.8 Å². The van der Waals surface area contributed by atoms with Gasteiger partial charge in [0, 0.05) is 36.6 Å². The van der Waals surface area contributed by atoms with Crippen molar-refractivity contribution in [3.63, 3.8) is 0 Å². The second kappa shape index (κ2) is 10.1. The Balaban J connectivity index is 0.000000240. The Morgan fingerprint density at radius 2 is 1.33 bits per heavy atom. The highest BCUT2D eigenvalue weighted by molar-refractivity contribution is 5.74. The zero-order valence-electron chi connectivity index (χ0n) is 13.5. The monoisotopic (exact) mass is 338 g/mol. The molecule has 0 saturated heterocycles. The average molecular weight is 338 g/mol. The molecule has 24 heavy (non-hydrogen) atoms. The van der Waals surface area contributed by atoms with Crippen molar-refractivity contribution in [3.8, 4) is 0 Å². The van der Waals surface area contributed by atoms with Gasteiger partial charge in [-0.2, -0.15) is 0 Å². The van der Waals surface area contributed by atoms with E-state index in [0.717, 1.165) is 11.4 Å². The van der Waals surface area contributed by atoms with Gasteiger partial charge in [-0.15, -0.1) is 0 Å². The molecule has 132 valence electrons. The lowest BCUT2D eigenvalue weighted by atomic mass is 10.2. The number of imidazole rings is 2. The number of carbonyl (C=O) groups is 2. The number of carboxylic acid groups (broad SMARTS) is 2. The van der Waals surface area contributed by atoms with E-state index in [0.29, 0.717) is 12.8 Å². The lowest BCUT2D eigenvalue weighted by Crippen LogP contribution is -2.35. The summed E-state index contributed by atoms with van der Waals surface area (Å²) in [6.45, 7) is 0. The molecule has 0 amide bonds. The highest BCUT2D eigenvalue weighted by Gasteiger charge is 2.16. The third-order valence-corrected chi connectivity index (χ3v) is 3.25. The molecule has 0 fully saturated rings. The number of likely N-dealkylation sites (N-methyl/N-ethyl adjacent to an activating group) is 2. The van der Waals surface area contributed by atoms with Gasteiger partial charge in [-0.25, -0.2) is 9.97 Å². The molecule has 2 aromatic rings. The lowest BCUT2D eigenvalue weighted by Gasteiger charge is -2.08. The van der Waals surface area contributed by atoms with Crippen molar-refractivity contribution in [2.45, 2.75) is 24.9 Å². The normalized spacial score (nSPS) is 12.8. The number of aromatic amines is 2. The fourth-order valence-corrected chi connectivity index (χ4v) is 1.86. The molecule has 2 atom stereocenters. The quantitative estimate of drug-likeness (QED) is 0.367. The smallest absolute Gasteiger partial charge is 0.321 e. The van der Waals surface area contributed by atoms with Gasteiger partial charge in [-0.05, 0) is 14.1 Å². The standard InChI is InChI=1S/2C7H11N3O2/c2*1-8-6(7(11)12)2-5-3-9-4-10-5/h2*3-4,6,8H,2H2,1H3,(H,9,10)(H,11,12). The summed E-state index contributed by atoms with van der Waals surface area (Å²) in [5, 5.41) is 22.7. The molecule has 10 nitrogen and oxygen atoms in total. The Bertz CT molecular complexity index is 545. The molecule has 0 saturated carbocycles. The summed E-state index contributed by atoms with van der Waals surface area (Å²) in [5.41, 5.74) is 1.63. The number of hydrogen-bond donors (Lipinski definition) is 6. The van der Waals surface area contributed by atoms with Crippen LogP contribution >= 0.6 is 0 Å². The molecular formula is C14H22N6O4. The predicted octanol–water partition coefficient (Wildman–Crippen LogP) is -0.750. The zero-order valence-corrected chi connectivity index (χ0v) is 13.5. The average Bonchev–Trinajstić information content (AvgIpc) is 3.23. The maximum absolute atomic E-state index is 10.6. The Morgan fingerprint density at radius 1 is 0.958 bits per heavy atom. The molecule has 10 heteroatoms. The number of H-pyrrole nitrogens is 2. The Kier molecular flexibility index (Phi) is 8.16. The molecule has 6 N–H and O–H groups in total. The van der Waals surface area contributed by atoms with E-state index in [9.17, 15) is 9.59 Å². The van der Waals surface area contributed by atoms with Crippen molar-refractivity contribution < 1.29 is 19.8 Å². The van der Waals surface area contributed by atoms with Crippen LogP contribution in [-0.4, -0.2) is 68.3 Å². The van der Waals surface area contributed by atoms with Crippen molar-refractivity contribution >= 4 is 11.9 Å². The van der Waals surface area contributed by atoms with E-state index in [1.165, 1.54) is 12.7 Å². The number of carboxylic acids is 2. The van der Waals surface area contributed by atoms with Gasteiger partial charge in [0.2, 0.25) is 0 Å². The molecule has 0 spiro atoms. The van der Waals surface area contributed by atoms with Crippen LogP contribution in [-0.2, 0) is 22.4 Å². The number of hydrogen-bond acceptors (Lipinski definition) is 6. The minimum atomic E-state index is -0.855. The van der Waals surface area contributed by atoms with E-state index in [2.05, 4.69) is 30.6 Å². The van der Waals surface area contributed by atoms with E-state index in [1.54, 1.807) is 26.5 Å². The second-order valence-corrected chi connectivity index (χ2v) is 4.92. The number of nitrogens with zero attached hydrogens (tertiary/aromatic N) is 2. The van der Waals surface area contributed by atoms with Crippen LogP contribution in [0.2, 0.25) is 0 Å². The van der Waals surface area contributed by atoms with Crippen molar-refractivity contribution in [3.05, 3.63) is 36.4 Å². The lowest BCUT2D eigenvalue weighted by molar-refractivity contribution is -0.140. The number of nitrogens with one attached hydrogen (secondary N) is 4. The van der Waals surface area contributed by atoms with E-state index < -0.39 is 24.0 Å². The molecule has 2 heterocycles. The number of rotatable bonds is 8. The molecule has 0 radical (unpaired) electrons. The van der Waals surface area contributed by atoms with Crippen molar-refractivity contribution in [2.75, 3.05) is 14.1 Å². The summed E-state index contributed by atoms with van der Waals surface area (Å²) in [5.74, 6) is -1.71. The zero-order chi connectivity index (χ0) is 17.9. The summed E-state index contributed by atoms with van der Waals surface area (Å²) in [6.07, 6.45) is 7.14. The van der Waals surface area contributed by atoms with Crippen LogP contribution in [0.15, 0.2) is 25.0 Å². The summed E-state index contributed by atoms with van der Waals surface area (Å²) >= 11 is 0. The first kappa shape index (κ1) is 19.3. The largest absolute Gasteiger partial charge is 0.480 e. The third-order valence-electron chi connectivity index (χ3n) is 3.25. The first-order chi connectivity index (χ1) is 11.5. The van der Waals surface area contributed by atoms with Crippen LogP contribution in [0.3, 0.4) is 0 Å². The minimum absolute atomic E-state index is 0.422. The van der Waals surface area contributed by atoms with Crippen molar-refractivity contribution in [1.82, 2.24) is 30.6 Å². The first-order valence-electron chi connectivity index (χ1n) is 7.22. The Labute approximate surface area is 138 Å². The fourth-order valence-electron chi connectivity index (χ4n) is 1.86. The Hall–Kier alpha value is -2.72. The minimum Gasteiger partial charge on any atom is -0.480 e. The highest BCUT2D eigenvalue weighted by Crippen LogP contribution is 1.98. The maximum atomic E-state index is 10.6. The van der Waals surface area contributed by atoms with Gasteiger partial charge in [0.05, 0.1) is 12.7 Å². The van der Waals surface area contributed by atoms with E-state index in [4.69, 9.17) is 10.2 Å². The molecule has 0 aromatic carbocycles. The van der Waals surface area contributed by atoms with Crippen LogP contribution in [0.1, 0.15) is 11.4 Å². The molecule has 0 bridgehead atoms. The van der Waals surface area contributed by atoms with Gasteiger partial charge in [0.1, 0.15) is 12.1 Å². The van der Waals surface area contributed by atoms with Crippen LogP contribution in [0, 0.1) is 0 Å². The van der Waals surface area contributed by atoms with Gasteiger partial charge in [-0.3, -0.25) is 9.59 Å². The van der Waals surface area contributed by atoms with Crippen LogP contribution in [0.4, 0.5) is 0 Å². The topological polar surface area (TPSA) is 156 Å². The van der Waals surface area contributed by atoms with Crippen molar-refractivity contribution in [2.24, 2.45) is 0 Å². The van der Waals surface area contributed by atoms with Gasteiger partial charge >= 0.3 is 11.9 Å². The van der Waals surface area contributed by atoms with E-state index in [-0.39, 0.29) is 0 Å². The number of aromatic nitrogens is 4. The summed E-state index contributed by atoms with van der Waals surface area (Å²) in [7, 11) is 3.24. The van der Waals surface area contributed by atoms with Crippen LogP contribution in [0.25, 0.3) is 0 Å². The summed E-state index contributed by atoms with van der Waals surface area (Å²) in [6, 6.07) is -1.10. The predicted molar refractivity (Wildman–Crippen MR) is 85.6 cm³/mol. The molecule has 2 unspecified atom stereocenters. The van der Waals surface area contributed by atoms with E-state index >= 15 is 0 Å². The van der Waals surface area contributed by atoms with Crippen molar-refractivity contribution in [1.29, 1.82) is 0 Å². The van der Waals surface area contributed by atoms with E-state index in [1.807, 2.05) is 0 Å². The molecule has 2 rings (SSSR count). The summed E-state index contributed by atoms with van der Waals surface area (Å²) in [4.78, 5) is 34.4. The van der Waals surface area contributed by atoms with Gasteiger partial charge in [0.25, 0.3) is 0 Å².